The fourth-order valence-corrected chi connectivity index (χ4v) is 1.60. The van der Waals surface area contributed by atoms with Crippen molar-refractivity contribution >= 4 is 6.29 Å². The Hall–Kier alpha value is -1.71. The lowest BCUT2D eigenvalue weighted by molar-refractivity contribution is -0.107. The standard InChI is InChI=1S/C12H16O4/c1-14-10-6-7-11(15-2)12(16-3)9(10)5-4-8-13/h6-8H,4-5H2,1-3H3. The highest BCUT2D eigenvalue weighted by Crippen LogP contribution is 2.37. The van der Waals surface area contributed by atoms with Crippen molar-refractivity contribution < 1.29 is 19.0 Å². The summed E-state index contributed by atoms with van der Waals surface area (Å²) in [5.74, 6) is 1.98. The highest BCUT2D eigenvalue weighted by Gasteiger charge is 2.14. The molecule has 0 amide bonds. The van der Waals surface area contributed by atoms with Gasteiger partial charge < -0.3 is 19.0 Å². The van der Waals surface area contributed by atoms with Gasteiger partial charge in [-0.2, -0.15) is 0 Å². The van der Waals surface area contributed by atoms with Crippen LogP contribution < -0.4 is 14.2 Å². The van der Waals surface area contributed by atoms with Crippen LogP contribution in [0.4, 0.5) is 0 Å². The first kappa shape index (κ1) is 12.4. The van der Waals surface area contributed by atoms with Crippen LogP contribution in [0.2, 0.25) is 0 Å². The Morgan fingerprint density at radius 3 is 2.19 bits per heavy atom. The van der Waals surface area contributed by atoms with E-state index in [1.807, 2.05) is 6.07 Å². The minimum Gasteiger partial charge on any atom is -0.496 e. The van der Waals surface area contributed by atoms with Crippen molar-refractivity contribution in [1.82, 2.24) is 0 Å². The van der Waals surface area contributed by atoms with Crippen LogP contribution in [0.3, 0.4) is 0 Å². The first-order chi connectivity index (χ1) is 7.78. The van der Waals surface area contributed by atoms with Crippen molar-refractivity contribution in [2.75, 3.05) is 21.3 Å². The molecule has 0 radical (unpaired) electrons. The second-order valence-electron chi connectivity index (χ2n) is 3.19. The molecule has 4 heteroatoms. The second kappa shape index (κ2) is 6.00. The van der Waals surface area contributed by atoms with E-state index in [1.165, 1.54) is 0 Å². The van der Waals surface area contributed by atoms with E-state index in [9.17, 15) is 4.79 Å². The van der Waals surface area contributed by atoms with Gasteiger partial charge in [-0.15, -0.1) is 0 Å². The number of benzene rings is 1. The Balaban J connectivity index is 3.19. The minimum atomic E-state index is 0.430. The molecule has 16 heavy (non-hydrogen) atoms. The van der Waals surface area contributed by atoms with Crippen LogP contribution in [-0.4, -0.2) is 27.6 Å². The smallest absolute Gasteiger partial charge is 0.167 e. The van der Waals surface area contributed by atoms with Crippen LogP contribution in [-0.2, 0) is 11.2 Å². The van der Waals surface area contributed by atoms with Gasteiger partial charge in [0.15, 0.2) is 11.5 Å². The summed E-state index contributed by atoms with van der Waals surface area (Å²) in [6.07, 6.45) is 1.88. The molecule has 1 aromatic carbocycles. The quantitative estimate of drug-likeness (QED) is 0.692. The molecule has 0 fully saturated rings. The average Bonchev–Trinajstić information content (AvgIpc) is 2.34. The maximum atomic E-state index is 10.4. The van der Waals surface area contributed by atoms with Crippen molar-refractivity contribution in [2.45, 2.75) is 12.8 Å². The van der Waals surface area contributed by atoms with E-state index in [4.69, 9.17) is 14.2 Å². The third kappa shape index (κ3) is 2.45. The molecule has 0 aliphatic heterocycles. The first-order valence-electron chi connectivity index (χ1n) is 5.00. The van der Waals surface area contributed by atoms with Crippen molar-refractivity contribution in [1.29, 1.82) is 0 Å². The van der Waals surface area contributed by atoms with Crippen LogP contribution in [0.5, 0.6) is 17.2 Å². The number of carbonyl (C=O) groups excluding carboxylic acids is 1. The number of carbonyl (C=O) groups is 1. The Bertz CT molecular complexity index is 360. The maximum Gasteiger partial charge on any atom is 0.167 e. The van der Waals surface area contributed by atoms with E-state index in [0.29, 0.717) is 30.1 Å². The van der Waals surface area contributed by atoms with Gasteiger partial charge in [0.2, 0.25) is 0 Å². The molecule has 0 aliphatic rings. The molecule has 0 saturated carbocycles. The number of aldehydes is 1. The highest BCUT2D eigenvalue weighted by atomic mass is 16.5. The summed E-state index contributed by atoms with van der Waals surface area (Å²) in [7, 11) is 4.74. The Kier molecular flexibility index (Phi) is 4.64. The Labute approximate surface area is 95.1 Å². The van der Waals surface area contributed by atoms with Gasteiger partial charge in [0.25, 0.3) is 0 Å². The zero-order valence-corrected chi connectivity index (χ0v) is 9.78. The largest absolute Gasteiger partial charge is 0.496 e. The molecule has 88 valence electrons. The predicted molar refractivity (Wildman–Crippen MR) is 60.5 cm³/mol. The summed E-state index contributed by atoms with van der Waals surface area (Å²) in [6, 6.07) is 3.59. The zero-order valence-electron chi connectivity index (χ0n) is 9.78. The van der Waals surface area contributed by atoms with Gasteiger partial charge in [0.05, 0.1) is 21.3 Å². The van der Waals surface area contributed by atoms with Crippen molar-refractivity contribution in [3.8, 4) is 17.2 Å². The van der Waals surface area contributed by atoms with Gasteiger partial charge in [-0.25, -0.2) is 0 Å². The van der Waals surface area contributed by atoms with E-state index in [0.717, 1.165) is 11.8 Å². The van der Waals surface area contributed by atoms with Gasteiger partial charge in [-0.3, -0.25) is 0 Å². The summed E-state index contributed by atoms with van der Waals surface area (Å²) in [5, 5.41) is 0. The number of rotatable bonds is 6. The molecule has 0 aromatic heterocycles. The molecular weight excluding hydrogens is 208 g/mol. The van der Waals surface area contributed by atoms with Crippen molar-refractivity contribution in [2.24, 2.45) is 0 Å². The fraction of sp³-hybridized carbons (Fsp3) is 0.417. The van der Waals surface area contributed by atoms with Crippen molar-refractivity contribution in [3.63, 3.8) is 0 Å². The molecule has 0 unspecified atom stereocenters. The predicted octanol–water partition coefficient (Wildman–Crippen LogP) is 1.84. The van der Waals surface area contributed by atoms with Crippen LogP contribution in [0.1, 0.15) is 12.0 Å². The monoisotopic (exact) mass is 224 g/mol. The molecule has 1 aromatic rings. The SMILES string of the molecule is COc1ccc(OC)c(OC)c1CCC=O. The Morgan fingerprint density at radius 2 is 1.69 bits per heavy atom. The number of hydrogen-bond acceptors (Lipinski definition) is 4. The normalized spacial score (nSPS) is 9.69. The van der Waals surface area contributed by atoms with Crippen LogP contribution in [0.15, 0.2) is 12.1 Å². The van der Waals surface area contributed by atoms with Crippen LogP contribution >= 0.6 is 0 Å². The maximum absolute atomic E-state index is 10.4. The average molecular weight is 224 g/mol. The second-order valence-corrected chi connectivity index (χ2v) is 3.19. The molecule has 0 aliphatic carbocycles. The summed E-state index contributed by atoms with van der Waals surface area (Å²) >= 11 is 0. The molecule has 0 spiro atoms. The van der Waals surface area contributed by atoms with E-state index >= 15 is 0 Å². The van der Waals surface area contributed by atoms with Crippen LogP contribution in [0.25, 0.3) is 0 Å². The van der Waals surface area contributed by atoms with Gasteiger partial charge >= 0.3 is 0 Å². The van der Waals surface area contributed by atoms with Gasteiger partial charge in [-0.05, 0) is 18.6 Å². The summed E-state index contributed by atoms with van der Waals surface area (Å²) in [5.41, 5.74) is 0.858. The molecular formula is C12H16O4. The lowest BCUT2D eigenvalue weighted by Crippen LogP contribution is -2.00. The Morgan fingerprint density at radius 1 is 1.06 bits per heavy atom. The molecule has 0 saturated heterocycles. The lowest BCUT2D eigenvalue weighted by Gasteiger charge is -2.15. The van der Waals surface area contributed by atoms with Gasteiger partial charge in [0, 0.05) is 12.0 Å². The lowest BCUT2D eigenvalue weighted by atomic mass is 10.1. The molecule has 4 nitrogen and oxygen atoms in total. The molecule has 0 bridgehead atoms. The highest BCUT2D eigenvalue weighted by molar-refractivity contribution is 5.57. The molecule has 0 atom stereocenters. The first-order valence-corrected chi connectivity index (χ1v) is 5.00. The molecule has 0 heterocycles. The van der Waals surface area contributed by atoms with Crippen LogP contribution in [0, 0.1) is 0 Å². The minimum absolute atomic E-state index is 0.430. The number of methoxy groups -OCH3 is 3. The van der Waals surface area contributed by atoms with Gasteiger partial charge in [0.1, 0.15) is 12.0 Å². The van der Waals surface area contributed by atoms with Gasteiger partial charge in [-0.1, -0.05) is 0 Å². The van der Waals surface area contributed by atoms with E-state index < -0.39 is 0 Å². The summed E-state index contributed by atoms with van der Waals surface area (Å²) < 4.78 is 15.7. The van der Waals surface area contributed by atoms with E-state index in [2.05, 4.69) is 0 Å². The summed E-state index contributed by atoms with van der Waals surface area (Å²) in [4.78, 5) is 10.4. The number of ether oxygens (including phenoxy) is 3. The third-order valence-electron chi connectivity index (χ3n) is 2.34. The topological polar surface area (TPSA) is 44.8 Å². The van der Waals surface area contributed by atoms with E-state index in [-0.39, 0.29) is 0 Å². The fourth-order valence-electron chi connectivity index (χ4n) is 1.60. The zero-order chi connectivity index (χ0) is 12.0. The number of hydrogen-bond donors (Lipinski definition) is 0. The molecule has 1 rings (SSSR count). The van der Waals surface area contributed by atoms with Crippen molar-refractivity contribution in [3.05, 3.63) is 17.7 Å². The summed E-state index contributed by atoms with van der Waals surface area (Å²) in [6.45, 7) is 0. The molecule has 0 N–H and O–H groups in total. The van der Waals surface area contributed by atoms with E-state index in [1.54, 1.807) is 27.4 Å². The third-order valence-corrected chi connectivity index (χ3v) is 2.34.